The number of carbonyl (C=O) groups is 2. The number of hydrogen-bond donors (Lipinski definition) is 0. The third-order valence-corrected chi connectivity index (χ3v) is 4.63. The number of nitrogens with zero attached hydrogens (tertiary/aromatic N) is 3. The van der Waals surface area contributed by atoms with Crippen molar-refractivity contribution >= 4 is 34.2 Å². The van der Waals surface area contributed by atoms with Crippen LogP contribution in [0.2, 0.25) is 0 Å². The third kappa shape index (κ3) is 1.50. The van der Waals surface area contributed by atoms with Gasteiger partial charge in [0.2, 0.25) is 11.6 Å². The summed E-state index contributed by atoms with van der Waals surface area (Å²) in [7, 11) is 0. The fraction of sp³-hybridized carbons (Fsp3) is 0. The van der Waals surface area contributed by atoms with Crippen LogP contribution in [0, 0.1) is 0 Å². The predicted molar refractivity (Wildman–Crippen MR) is 74.3 cm³/mol. The molecule has 3 aromatic heterocycles. The Hall–Kier alpha value is -2.25. The summed E-state index contributed by atoms with van der Waals surface area (Å²) in [4.78, 5) is 37.6. The molecule has 0 fully saturated rings. The minimum Gasteiger partial charge on any atom is -0.288 e. The van der Waals surface area contributed by atoms with E-state index in [1.807, 2.05) is 5.38 Å². The first-order valence-electron chi connectivity index (χ1n) is 5.69. The Morgan fingerprint density at radius 3 is 2.75 bits per heavy atom. The summed E-state index contributed by atoms with van der Waals surface area (Å²) in [5.74, 6) is -0.491. The molecule has 7 heteroatoms. The molecule has 0 saturated carbocycles. The van der Waals surface area contributed by atoms with Gasteiger partial charge >= 0.3 is 0 Å². The van der Waals surface area contributed by atoms with Crippen molar-refractivity contribution < 1.29 is 9.59 Å². The number of fused-ring (bicyclic) bond motifs is 2. The summed E-state index contributed by atoms with van der Waals surface area (Å²) in [5, 5.41) is 2.43. The van der Waals surface area contributed by atoms with E-state index in [2.05, 4.69) is 15.0 Å². The number of thiazole rings is 2. The molecule has 1 aliphatic carbocycles. The molecular formula is C13H5N3O2S2. The zero-order chi connectivity index (χ0) is 13.7. The highest BCUT2D eigenvalue weighted by Gasteiger charge is 2.34. The van der Waals surface area contributed by atoms with Crippen molar-refractivity contribution in [2.45, 2.75) is 0 Å². The number of ketones is 2. The Balaban J connectivity index is 1.94. The lowest BCUT2D eigenvalue weighted by Crippen LogP contribution is -2.20. The van der Waals surface area contributed by atoms with Gasteiger partial charge in [-0.1, -0.05) is 0 Å². The molecule has 0 saturated heterocycles. The Kier molecular flexibility index (Phi) is 2.38. The summed E-state index contributed by atoms with van der Waals surface area (Å²) >= 11 is 2.65. The fourth-order valence-corrected chi connectivity index (χ4v) is 3.65. The maximum absolute atomic E-state index is 12.4. The van der Waals surface area contributed by atoms with Gasteiger partial charge < -0.3 is 0 Å². The van der Waals surface area contributed by atoms with Crippen LogP contribution in [-0.2, 0) is 0 Å². The molecule has 20 heavy (non-hydrogen) atoms. The van der Waals surface area contributed by atoms with E-state index >= 15 is 0 Å². The maximum atomic E-state index is 12.4. The summed E-state index contributed by atoms with van der Waals surface area (Å²) in [5.41, 5.74) is 3.09. The van der Waals surface area contributed by atoms with Gasteiger partial charge in [0.05, 0.1) is 11.1 Å². The zero-order valence-electron chi connectivity index (χ0n) is 9.86. The second-order valence-corrected chi connectivity index (χ2v) is 5.85. The Labute approximate surface area is 121 Å². The summed E-state index contributed by atoms with van der Waals surface area (Å²) in [6, 6.07) is 3.27. The summed E-state index contributed by atoms with van der Waals surface area (Å²) < 4.78 is 0. The van der Waals surface area contributed by atoms with Gasteiger partial charge in [0.1, 0.15) is 27.0 Å². The van der Waals surface area contributed by atoms with Crippen LogP contribution in [0.4, 0.5) is 0 Å². The molecule has 0 aromatic carbocycles. The van der Waals surface area contributed by atoms with Crippen LogP contribution in [0.5, 0.6) is 0 Å². The van der Waals surface area contributed by atoms with Crippen LogP contribution in [0.25, 0.3) is 10.7 Å². The normalized spacial score (nSPS) is 13.2. The predicted octanol–water partition coefficient (Wildman–Crippen LogP) is 2.44. The van der Waals surface area contributed by atoms with Crippen molar-refractivity contribution in [2.75, 3.05) is 0 Å². The monoisotopic (exact) mass is 299 g/mol. The Bertz CT molecular complexity index is 800. The van der Waals surface area contributed by atoms with Gasteiger partial charge in [-0.2, -0.15) is 0 Å². The molecule has 0 unspecified atom stereocenters. The van der Waals surface area contributed by atoms with Gasteiger partial charge in [-0.15, -0.1) is 22.7 Å². The van der Waals surface area contributed by atoms with Gasteiger partial charge in [-0.25, -0.2) is 9.97 Å². The molecule has 96 valence electrons. The summed E-state index contributed by atoms with van der Waals surface area (Å²) in [6.07, 6.45) is 1.50. The molecule has 0 amide bonds. The van der Waals surface area contributed by atoms with Crippen LogP contribution < -0.4 is 0 Å². The molecule has 0 spiro atoms. The lowest BCUT2D eigenvalue weighted by atomic mass is 9.96. The van der Waals surface area contributed by atoms with Crippen LogP contribution in [0.15, 0.2) is 29.2 Å². The minimum absolute atomic E-state index is 0.181. The highest BCUT2D eigenvalue weighted by molar-refractivity contribution is 7.18. The zero-order valence-corrected chi connectivity index (χ0v) is 11.5. The van der Waals surface area contributed by atoms with Crippen LogP contribution in [0.1, 0.15) is 31.4 Å². The lowest BCUT2D eigenvalue weighted by Gasteiger charge is -2.10. The molecule has 0 aliphatic heterocycles. The summed E-state index contributed by atoms with van der Waals surface area (Å²) in [6.45, 7) is 0. The number of aromatic nitrogens is 3. The molecule has 0 atom stereocenters. The molecule has 4 rings (SSSR count). The molecule has 1 aliphatic rings. The first-order valence-corrected chi connectivity index (χ1v) is 7.45. The topological polar surface area (TPSA) is 72.8 Å². The second-order valence-electron chi connectivity index (χ2n) is 4.13. The highest BCUT2D eigenvalue weighted by atomic mass is 32.1. The van der Waals surface area contributed by atoms with Crippen molar-refractivity contribution in [1.29, 1.82) is 0 Å². The third-order valence-electron chi connectivity index (χ3n) is 2.97. The van der Waals surface area contributed by atoms with Gasteiger partial charge in [0.25, 0.3) is 0 Å². The van der Waals surface area contributed by atoms with E-state index in [-0.39, 0.29) is 23.0 Å². The first-order chi connectivity index (χ1) is 9.75. The van der Waals surface area contributed by atoms with Crippen LogP contribution in [-0.4, -0.2) is 26.5 Å². The number of pyridine rings is 1. The second kappa shape index (κ2) is 4.12. The lowest BCUT2D eigenvalue weighted by molar-refractivity contribution is 0.0975. The van der Waals surface area contributed by atoms with E-state index in [0.29, 0.717) is 21.1 Å². The largest absolute Gasteiger partial charge is 0.288 e. The van der Waals surface area contributed by atoms with Gasteiger partial charge in [0, 0.05) is 11.6 Å². The van der Waals surface area contributed by atoms with E-state index in [1.54, 1.807) is 17.6 Å². The molecule has 0 bridgehead atoms. The van der Waals surface area contributed by atoms with Crippen LogP contribution in [0.3, 0.4) is 0 Å². The van der Waals surface area contributed by atoms with E-state index in [4.69, 9.17) is 0 Å². The average Bonchev–Trinajstić information content (AvgIpc) is 3.13. The number of hydrogen-bond acceptors (Lipinski definition) is 7. The van der Waals surface area contributed by atoms with Crippen molar-refractivity contribution in [3.05, 3.63) is 51.0 Å². The van der Waals surface area contributed by atoms with E-state index < -0.39 is 0 Å². The standard InChI is InChI=1S/C13H5N3O2S2/c17-10-6-2-1-3-14-8(6)11(18)9-12(10)20-13(16-9)7-4-19-5-15-7/h1-5H. The van der Waals surface area contributed by atoms with Gasteiger partial charge in [0.15, 0.2) is 0 Å². The molecule has 5 nitrogen and oxygen atoms in total. The van der Waals surface area contributed by atoms with Crippen molar-refractivity contribution in [3.63, 3.8) is 0 Å². The fourth-order valence-electron chi connectivity index (χ4n) is 2.06. The molecular weight excluding hydrogens is 294 g/mol. The smallest absolute Gasteiger partial charge is 0.232 e. The first kappa shape index (κ1) is 11.6. The SMILES string of the molecule is O=C1c2ncccc2C(=O)c2sc(-c3cscn3)nc21. The molecule has 3 heterocycles. The quantitative estimate of drug-likeness (QED) is 0.540. The van der Waals surface area contributed by atoms with Crippen molar-refractivity contribution in [3.8, 4) is 10.7 Å². The molecule has 0 radical (unpaired) electrons. The van der Waals surface area contributed by atoms with Gasteiger partial charge in [-0.3, -0.25) is 14.6 Å². The number of carbonyl (C=O) groups excluding carboxylic acids is 2. The van der Waals surface area contributed by atoms with E-state index in [0.717, 1.165) is 0 Å². The Morgan fingerprint density at radius 1 is 1.05 bits per heavy atom. The van der Waals surface area contributed by atoms with Crippen molar-refractivity contribution in [1.82, 2.24) is 15.0 Å². The number of rotatable bonds is 1. The molecule has 3 aromatic rings. The van der Waals surface area contributed by atoms with Crippen molar-refractivity contribution in [2.24, 2.45) is 0 Å². The Morgan fingerprint density at radius 2 is 1.95 bits per heavy atom. The van der Waals surface area contributed by atoms with E-state index in [1.165, 1.54) is 28.9 Å². The molecule has 0 N–H and O–H groups in total. The van der Waals surface area contributed by atoms with Crippen LogP contribution >= 0.6 is 22.7 Å². The average molecular weight is 299 g/mol. The maximum Gasteiger partial charge on any atom is 0.232 e. The highest BCUT2D eigenvalue weighted by Crippen LogP contribution is 2.34. The van der Waals surface area contributed by atoms with E-state index in [9.17, 15) is 9.59 Å². The minimum atomic E-state index is -0.298. The van der Waals surface area contributed by atoms with Gasteiger partial charge in [-0.05, 0) is 12.1 Å².